The maximum absolute atomic E-state index is 13.6. The average molecular weight is 817 g/mol. The summed E-state index contributed by atoms with van der Waals surface area (Å²) in [6.07, 6.45) is 2.10. The summed E-state index contributed by atoms with van der Waals surface area (Å²) < 4.78 is 15.3. The Balaban J connectivity index is 1.45. The highest BCUT2D eigenvalue weighted by Gasteiger charge is 2.49. The zero-order valence-electron chi connectivity index (χ0n) is 36.3. The number of hydrogen-bond donors (Lipinski definition) is 0. The van der Waals surface area contributed by atoms with Gasteiger partial charge in [0.2, 0.25) is 0 Å². The highest BCUT2D eigenvalue weighted by atomic mass is 31.1. The van der Waals surface area contributed by atoms with Crippen LogP contribution >= 0.6 is 8.07 Å². The van der Waals surface area contributed by atoms with Crippen LogP contribution in [0.2, 0.25) is 18.1 Å². The third-order valence-corrected chi connectivity index (χ3v) is 20.5. The zero-order valence-corrected chi connectivity index (χ0v) is 38.2. The maximum Gasteiger partial charge on any atom is 0.416 e. The molecule has 0 radical (unpaired) electrons. The van der Waals surface area contributed by atoms with Crippen LogP contribution in [0.1, 0.15) is 61.1 Å². The molecule has 0 spiro atoms. The van der Waals surface area contributed by atoms with Crippen LogP contribution in [0.5, 0.6) is 0 Å². The van der Waals surface area contributed by atoms with Crippen molar-refractivity contribution in [2.24, 2.45) is 5.41 Å². The lowest BCUT2D eigenvalue weighted by molar-refractivity contribution is -0.151. The molecule has 5 nitrogen and oxygen atoms in total. The fourth-order valence-corrected chi connectivity index (χ4v) is 12.9. The predicted octanol–water partition coefficient (Wildman–Crippen LogP) is 10.6. The number of carbonyl (C=O) groups is 1. The number of ether oxygens (including phenoxy) is 1. The molecule has 0 N–H and O–H groups in total. The summed E-state index contributed by atoms with van der Waals surface area (Å²) in [7, 11) is -1.63. The third-order valence-electron chi connectivity index (χ3n) is 13.5. The van der Waals surface area contributed by atoms with Gasteiger partial charge in [0.15, 0.2) is 8.32 Å². The molecule has 1 aliphatic carbocycles. The molecular formula is C51H58BN2O3PSi. The van der Waals surface area contributed by atoms with Crippen LogP contribution in [0.4, 0.5) is 11.4 Å². The molecule has 1 unspecified atom stereocenters. The van der Waals surface area contributed by atoms with Gasteiger partial charge in [-0.15, -0.1) is 0 Å². The van der Waals surface area contributed by atoms with E-state index in [1.54, 1.807) is 0 Å². The Morgan fingerprint density at radius 3 is 1.86 bits per heavy atom. The molecule has 0 bridgehead atoms. The van der Waals surface area contributed by atoms with E-state index in [-0.39, 0.29) is 18.0 Å². The Morgan fingerprint density at radius 1 is 0.763 bits per heavy atom. The smallest absolute Gasteiger partial charge is 0.416 e. The molecular weight excluding hydrogens is 758 g/mol. The summed E-state index contributed by atoms with van der Waals surface area (Å²) in [5.41, 5.74) is 10.9. The Bertz CT molecular complexity index is 2450. The van der Waals surface area contributed by atoms with Crippen LogP contribution in [0, 0.1) is 19.3 Å². The number of nitrogens with zero attached hydrogens (tertiary/aromatic N) is 2. The van der Waals surface area contributed by atoms with Crippen molar-refractivity contribution < 1.29 is 14.0 Å². The molecule has 0 saturated carbocycles. The average Bonchev–Trinajstić information content (AvgIpc) is 3.61. The SMILES string of the molecule is COC(=O)C1(C)Cc2c(C)c(CCO[Si](C)(C)C(C)(C)C)c(B3N(Cc4ccccc4)c4cccc5cccc(c45)N3P(c3ccccc3)c3ccccc3)c(C)c2C1. The maximum atomic E-state index is 13.6. The monoisotopic (exact) mass is 816 g/mol. The van der Waals surface area contributed by atoms with Gasteiger partial charge in [0.05, 0.1) is 12.5 Å². The van der Waals surface area contributed by atoms with Gasteiger partial charge in [0, 0.05) is 38.0 Å². The summed E-state index contributed by atoms with van der Waals surface area (Å²) in [6.45, 7) is 19.6. The van der Waals surface area contributed by atoms with Gasteiger partial charge in [-0.25, -0.2) is 0 Å². The normalized spacial score (nSPS) is 16.5. The molecule has 302 valence electrons. The van der Waals surface area contributed by atoms with Gasteiger partial charge in [-0.1, -0.05) is 136 Å². The molecule has 1 aliphatic heterocycles. The van der Waals surface area contributed by atoms with Crippen molar-refractivity contribution in [3.05, 3.63) is 161 Å². The summed E-state index contributed by atoms with van der Waals surface area (Å²) >= 11 is 0. The largest absolute Gasteiger partial charge is 0.469 e. The first kappa shape index (κ1) is 41.1. The highest BCUT2D eigenvalue weighted by Crippen LogP contribution is 2.52. The van der Waals surface area contributed by atoms with Crippen LogP contribution in [-0.4, -0.2) is 35.0 Å². The number of anilines is 2. The topological polar surface area (TPSA) is 42.0 Å². The fourth-order valence-electron chi connectivity index (χ4n) is 9.34. The number of fused-ring (bicyclic) bond motifs is 1. The van der Waals surface area contributed by atoms with Gasteiger partial charge in [-0.2, -0.15) is 0 Å². The lowest BCUT2D eigenvalue weighted by atomic mass is 9.58. The van der Waals surface area contributed by atoms with E-state index in [2.05, 4.69) is 191 Å². The molecule has 8 heteroatoms. The summed E-state index contributed by atoms with van der Waals surface area (Å²) in [5.74, 6) is -0.140. The first-order valence-corrected chi connectivity index (χ1v) is 25.3. The first-order valence-electron chi connectivity index (χ1n) is 21.1. The molecule has 1 atom stereocenters. The van der Waals surface area contributed by atoms with E-state index in [0.29, 0.717) is 19.4 Å². The van der Waals surface area contributed by atoms with E-state index < -0.39 is 21.8 Å². The Morgan fingerprint density at radius 2 is 1.31 bits per heavy atom. The molecule has 0 fully saturated rings. The minimum Gasteiger partial charge on any atom is -0.469 e. The van der Waals surface area contributed by atoms with Crippen LogP contribution < -0.4 is 25.5 Å². The number of hydrogen-bond acceptors (Lipinski definition) is 5. The van der Waals surface area contributed by atoms with Crippen molar-refractivity contribution in [3.8, 4) is 0 Å². The van der Waals surface area contributed by atoms with Crippen LogP contribution in [0.25, 0.3) is 10.8 Å². The Hall–Kier alpha value is -4.68. The van der Waals surface area contributed by atoms with Gasteiger partial charge in [0.1, 0.15) is 0 Å². The van der Waals surface area contributed by atoms with E-state index >= 15 is 0 Å². The third kappa shape index (κ3) is 7.45. The van der Waals surface area contributed by atoms with Crippen LogP contribution in [-0.2, 0) is 39.8 Å². The van der Waals surface area contributed by atoms with E-state index in [9.17, 15) is 4.79 Å². The van der Waals surface area contributed by atoms with Gasteiger partial charge in [-0.3, -0.25) is 4.79 Å². The summed E-state index contributed by atoms with van der Waals surface area (Å²) in [5, 5.41) is 5.20. The zero-order chi connectivity index (χ0) is 41.7. The number of methoxy groups -OCH3 is 1. The predicted molar refractivity (Wildman–Crippen MR) is 254 cm³/mol. The second kappa shape index (κ2) is 16.1. The van der Waals surface area contributed by atoms with Crippen molar-refractivity contribution in [3.63, 3.8) is 0 Å². The second-order valence-electron chi connectivity index (χ2n) is 18.3. The summed E-state index contributed by atoms with van der Waals surface area (Å²) in [6, 6.07) is 46.8. The Kier molecular flexibility index (Phi) is 11.2. The van der Waals surface area contributed by atoms with Gasteiger partial charge < -0.3 is 18.6 Å². The van der Waals surface area contributed by atoms with Gasteiger partial charge in [-0.05, 0) is 125 Å². The van der Waals surface area contributed by atoms with Crippen molar-refractivity contribution in [2.45, 2.75) is 85.5 Å². The lowest BCUT2D eigenvalue weighted by Gasteiger charge is -2.49. The van der Waals surface area contributed by atoms with Crippen molar-refractivity contribution in [1.82, 2.24) is 0 Å². The molecule has 8 rings (SSSR count). The summed E-state index contributed by atoms with van der Waals surface area (Å²) in [4.78, 5) is 16.3. The first-order chi connectivity index (χ1) is 28.2. The fraction of sp³-hybridized carbons (Fsp3) is 0.314. The Labute approximate surface area is 354 Å². The van der Waals surface area contributed by atoms with Gasteiger partial charge >= 0.3 is 13.0 Å². The van der Waals surface area contributed by atoms with E-state index in [1.165, 1.54) is 78.7 Å². The van der Waals surface area contributed by atoms with E-state index in [4.69, 9.17) is 9.16 Å². The van der Waals surface area contributed by atoms with Crippen molar-refractivity contribution in [2.75, 3.05) is 23.1 Å². The van der Waals surface area contributed by atoms with Gasteiger partial charge in [0.25, 0.3) is 0 Å². The standard InChI is InChI=1S/C51H58BN2O3PSi/c1-36-42(31-32-57-59(8,9)50(3,4)5)48(37(2)44-34-51(6,33-43(36)44)49(55)56-7)52-53(35-38-21-13-10-14-22-38)45-29-19-23-39-24-20-30-46(47(39)45)54(52)58(40-25-15-11-16-26-40)41-27-17-12-18-28-41/h10-30H,31-35H2,1-9H3. The molecule has 2 aliphatic rings. The van der Waals surface area contributed by atoms with Crippen LogP contribution in [0.15, 0.2) is 127 Å². The molecule has 1 heterocycles. The molecule has 6 aromatic carbocycles. The molecule has 0 saturated heterocycles. The quantitative estimate of drug-likeness (QED) is 0.0740. The molecule has 0 amide bonds. The van der Waals surface area contributed by atoms with Crippen molar-refractivity contribution in [1.29, 1.82) is 0 Å². The lowest BCUT2D eigenvalue weighted by Crippen LogP contribution is -2.63. The minimum atomic E-state index is -2.05. The number of esters is 1. The molecule has 59 heavy (non-hydrogen) atoms. The highest BCUT2D eigenvalue weighted by molar-refractivity contribution is 7.76. The number of benzene rings is 6. The minimum absolute atomic E-state index is 0.0945. The van der Waals surface area contributed by atoms with Crippen LogP contribution in [0.3, 0.4) is 0 Å². The number of rotatable bonds is 11. The van der Waals surface area contributed by atoms with E-state index in [0.717, 1.165) is 13.0 Å². The van der Waals surface area contributed by atoms with E-state index in [1.807, 2.05) is 0 Å². The molecule has 0 aromatic heterocycles. The van der Waals surface area contributed by atoms with Crippen molar-refractivity contribution >= 4 is 67.6 Å². The number of carbonyl (C=O) groups excluding carboxylic acids is 1. The molecule has 6 aromatic rings. The second-order valence-corrected chi connectivity index (χ2v) is 25.2.